The standard InChI is InChI=1S/C19H19F3N4O3/c20-19(21,22)16-12-15(26(28)29)6-7-17(16)23-13-18(27)25-10-8-24(9-11-25)14-4-2-1-3-5-14/h1-7,12,23H,8-11,13H2. The van der Waals surface area contributed by atoms with Gasteiger partial charge in [-0.1, -0.05) is 18.2 Å². The van der Waals surface area contributed by atoms with Crippen molar-refractivity contribution in [3.8, 4) is 0 Å². The largest absolute Gasteiger partial charge is 0.418 e. The van der Waals surface area contributed by atoms with Crippen molar-refractivity contribution in [2.75, 3.05) is 42.9 Å². The number of non-ortho nitro benzene ring substituents is 1. The first-order valence-corrected chi connectivity index (χ1v) is 8.93. The number of hydrogen-bond acceptors (Lipinski definition) is 5. The summed E-state index contributed by atoms with van der Waals surface area (Å²) in [4.78, 5) is 26.0. The van der Waals surface area contributed by atoms with Crippen molar-refractivity contribution in [1.82, 2.24) is 4.90 Å². The maximum absolute atomic E-state index is 13.2. The Kier molecular flexibility index (Phi) is 5.90. The van der Waals surface area contributed by atoms with Crippen molar-refractivity contribution in [3.63, 3.8) is 0 Å². The van der Waals surface area contributed by atoms with E-state index in [1.165, 1.54) is 0 Å². The number of halogens is 3. The summed E-state index contributed by atoms with van der Waals surface area (Å²) in [6.45, 7) is 1.85. The molecule has 1 N–H and O–H groups in total. The van der Waals surface area contributed by atoms with Crippen molar-refractivity contribution in [3.05, 3.63) is 64.2 Å². The van der Waals surface area contributed by atoms with Crippen LogP contribution in [0, 0.1) is 10.1 Å². The van der Waals surface area contributed by atoms with Crippen LogP contribution in [-0.4, -0.2) is 48.5 Å². The predicted molar refractivity (Wildman–Crippen MR) is 102 cm³/mol. The number of nitro groups is 1. The third-order valence-corrected chi connectivity index (χ3v) is 4.70. The number of rotatable bonds is 5. The minimum absolute atomic E-state index is 0.327. The molecular weight excluding hydrogens is 389 g/mol. The number of nitrogens with zero attached hydrogens (tertiary/aromatic N) is 3. The van der Waals surface area contributed by atoms with Crippen LogP contribution in [-0.2, 0) is 11.0 Å². The van der Waals surface area contributed by atoms with E-state index in [4.69, 9.17) is 0 Å². The van der Waals surface area contributed by atoms with Gasteiger partial charge in [0.25, 0.3) is 5.69 Å². The van der Waals surface area contributed by atoms with Gasteiger partial charge in [0.1, 0.15) is 0 Å². The Morgan fingerprint density at radius 3 is 2.31 bits per heavy atom. The minimum atomic E-state index is -4.78. The Hall–Kier alpha value is -3.30. The van der Waals surface area contributed by atoms with Crippen LogP contribution >= 0.6 is 0 Å². The lowest BCUT2D eigenvalue weighted by Crippen LogP contribution is -2.50. The van der Waals surface area contributed by atoms with E-state index in [1.807, 2.05) is 30.3 Å². The summed E-state index contributed by atoms with van der Waals surface area (Å²) >= 11 is 0. The van der Waals surface area contributed by atoms with Gasteiger partial charge in [0, 0.05) is 49.7 Å². The summed E-state index contributed by atoms with van der Waals surface area (Å²) in [6.07, 6.45) is -4.78. The van der Waals surface area contributed by atoms with Gasteiger partial charge < -0.3 is 15.1 Å². The van der Waals surface area contributed by atoms with Crippen molar-refractivity contribution in [2.24, 2.45) is 0 Å². The summed E-state index contributed by atoms with van der Waals surface area (Å²) < 4.78 is 39.6. The highest BCUT2D eigenvalue weighted by atomic mass is 19.4. The molecule has 1 fully saturated rings. The Labute approximate surface area is 164 Å². The van der Waals surface area contributed by atoms with Crippen LogP contribution in [0.4, 0.5) is 30.2 Å². The highest BCUT2D eigenvalue weighted by Crippen LogP contribution is 2.37. The maximum Gasteiger partial charge on any atom is 0.418 e. The van der Waals surface area contributed by atoms with E-state index in [2.05, 4.69) is 10.2 Å². The molecule has 1 amide bonds. The Bertz CT molecular complexity index is 882. The maximum atomic E-state index is 13.2. The number of anilines is 2. The molecule has 0 saturated carbocycles. The van der Waals surface area contributed by atoms with Gasteiger partial charge in [-0.15, -0.1) is 0 Å². The lowest BCUT2D eigenvalue weighted by atomic mass is 10.1. The van der Waals surface area contributed by atoms with E-state index in [1.54, 1.807) is 4.90 Å². The molecule has 2 aromatic rings. The molecule has 0 aliphatic carbocycles. The fraction of sp³-hybridized carbons (Fsp3) is 0.316. The normalized spacial score (nSPS) is 14.6. The van der Waals surface area contributed by atoms with Crippen LogP contribution in [0.1, 0.15) is 5.56 Å². The highest BCUT2D eigenvalue weighted by molar-refractivity contribution is 5.81. The Balaban J connectivity index is 1.60. The SMILES string of the molecule is O=C(CNc1ccc([N+](=O)[O-])cc1C(F)(F)F)N1CCN(c2ccccc2)CC1. The van der Waals surface area contributed by atoms with Crippen molar-refractivity contribution in [1.29, 1.82) is 0 Å². The van der Waals surface area contributed by atoms with Crippen molar-refractivity contribution >= 4 is 23.0 Å². The third kappa shape index (κ3) is 4.95. The van der Waals surface area contributed by atoms with E-state index in [0.717, 1.165) is 17.8 Å². The molecule has 1 saturated heterocycles. The Morgan fingerprint density at radius 2 is 1.72 bits per heavy atom. The quantitative estimate of drug-likeness (QED) is 0.606. The topological polar surface area (TPSA) is 78.7 Å². The molecule has 154 valence electrons. The number of nitro benzene ring substituents is 1. The fourth-order valence-electron chi connectivity index (χ4n) is 3.17. The smallest absolute Gasteiger partial charge is 0.376 e. The lowest BCUT2D eigenvalue weighted by Gasteiger charge is -2.36. The summed E-state index contributed by atoms with van der Waals surface area (Å²) in [5, 5.41) is 13.2. The molecule has 0 spiro atoms. The summed E-state index contributed by atoms with van der Waals surface area (Å²) in [5.41, 5.74) is -1.14. The second-order valence-corrected chi connectivity index (χ2v) is 6.54. The first-order chi connectivity index (χ1) is 13.8. The molecule has 0 unspecified atom stereocenters. The average molecular weight is 408 g/mol. The monoisotopic (exact) mass is 408 g/mol. The number of carbonyl (C=O) groups excluding carboxylic acids is 1. The molecule has 1 heterocycles. The zero-order valence-electron chi connectivity index (χ0n) is 15.4. The number of amides is 1. The van der Waals surface area contributed by atoms with E-state index < -0.39 is 22.4 Å². The van der Waals surface area contributed by atoms with Crippen LogP contribution in [0.3, 0.4) is 0 Å². The van der Waals surface area contributed by atoms with Crippen molar-refractivity contribution in [2.45, 2.75) is 6.18 Å². The molecule has 0 radical (unpaired) electrons. The number of para-hydroxylation sites is 1. The van der Waals surface area contributed by atoms with Gasteiger partial charge >= 0.3 is 6.18 Å². The molecule has 3 rings (SSSR count). The molecule has 0 atom stereocenters. The molecule has 1 aliphatic heterocycles. The summed E-state index contributed by atoms with van der Waals surface area (Å²) in [7, 11) is 0. The first kappa shape index (κ1) is 20.4. The second kappa shape index (κ2) is 8.38. The van der Waals surface area contributed by atoms with Gasteiger partial charge in [-0.3, -0.25) is 14.9 Å². The van der Waals surface area contributed by atoms with Crippen LogP contribution < -0.4 is 10.2 Å². The van der Waals surface area contributed by atoms with Gasteiger partial charge in [-0.2, -0.15) is 13.2 Å². The number of piperazine rings is 1. The van der Waals surface area contributed by atoms with E-state index in [9.17, 15) is 28.1 Å². The predicted octanol–water partition coefficient (Wildman–Crippen LogP) is 3.37. The van der Waals surface area contributed by atoms with Crippen molar-refractivity contribution < 1.29 is 22.9 Å². The molecule has 0 bridgehead atoms. The number of nitrogens with one attached hydrogen (secondary N) is 1. The van der Waals surface area contributed by atoms with Crippen LogP contribution in [0.2, 0.25) is 0 Å². The third-order valence-electron chi connectivity index (χ3n) is 4.70. The second-order valence-electron chi connectivity index (χ2n) is 6.54. The van der Waals surface area contributed by atoms with E-state index in [0.29, 0.717) is 32.2 Å². The summed E-state index contributed by atoms with van der Waals surface area (Å²) in [6, 6.07) is 12.1. The minimum Gasteiger partial charge on any atom is -0.376 e. The molecule has 0 aromatic heterocycles. The van der Waals surface area contributed by atoms with Gasteiger partial charge in [0.15, 0.2) is 0 Å². The van der Waals surface area contributed by atoms with Crippen LogP contribution in [0.15, 0.2) is 48.5 Å². The van der Waals surface area contributed by atoms with Gasteiger partial charge in [-0.25, -0.2) is 0 Å². The van der Waals surface area contributed by atoms with Gasteiger partial charge in [0.2, 0.25) is 5.91 Å². The van der Waals surface area contributed by atoms with Crippen LogP contribution in [0.25, 0.3) is 0 Å². The van der Waals surface area contributed by atoms with E-state index >= 15 is 0 Å². The summed E-state index contributed by atoms with van der Waals surface area (Å²) in [5.74, 6) is -0.329. The fourth-order valence-corrected chi connectivity index (χ4v) is 3.17. The lowest BCUT2D eigenvalue weighted by molar-refractivity contribution is -0.385. The highest BCUT2D eigenvalue weighted by Gasteiger charge is 2.35. The molecule has 2 aromatic carbocycles. The van der Waals surface area contributed by atoms with Gasteiger partial charge in [-0.05, 0) is 18.2 Å². The molecule has 29 heavy (non-hydrogen) atoms. The number of benzene rings is 2. The molecule has 7 nitrogen and oxygen atoms in total. The van der Waals surface area contributed by atoms with E-state index in [-0.39, 0.29) is 18.1 Å². The number of carbonyl (C=O) groups is 1. The molecule has 10 heteroatoms. The average Bonchev–Trinajstić information content (AvgIpc) is 2.72. The zero-order valence-corrected chi connectivity index (χ0v) is 15.4. The van der Waals surface area contributed by atoms with Crippen LogP contribution in [0.5, 0.6) is 0 Å². The number of hydrogen-bond donors (Lipinski definition) is 1. The molecular formula is C19H19F3N4O3. The first-order valence-electron chi connectivity index (χ1n) is 8.93. The number of alkyl halides is 3. The Morgan fingerprint density at radius 1 is 1.07 bits per heavy atom. The zero-order chi connectivity index (χ0) is 21.0. The molecule has 1 aliphatic rings. The van der Waals surface area contributed by atoms with Gasteiger partial charge in [0.05, 0.1) is 17.0 Å².